The van der Waals surface area contributed by atoms with Crippen molar-refractivity contribution < 1.29 is 42.8 Å². The van der Waals surface area contributed by atoms with Gasteiger partial charge in [0, 0.05) is 55.3 Å². The summed E-state index contributed by atoms with van der Waals surface area (Å²) in [5.41, 5.74) is 4.19. The number of pyridine rings is 1. The molecule has 0 atom stereocenters. The molecular weight excluding hydrogens is 596 g/mol. The van der Waals surface area contributed by atoms with Crippen molar-refractivity contribution in [2.24, 2.45) is 0 Å². The van der Waals surface area contributed by atoms with Gasteiger partial charge in [-0.1, -0.05) is 6.07 Å². The molecule has 46 heavy (non-hydrogen) atoms. The summed E-state index contributed by atoms with van der Waals surface area (Å²) in [6.45, 7) is 4.33. The zero-order valence-corrected chi connectivity index (χ0v) is 26.0. The van der Waals surface area contributed by atoms with Crippen LogP contribution in [0.15, 0.2) is 47.3 Å². The highest BCUT2D eigenvalue weighted by Crippen LogP contribution is 2.49. The number of rotatable bonds is 7. The molecule has 0 fully saturated rings. The first kappa shape index (κ1) is 30.3. The van der Waals surface area contributed by atoms with Gasteiger partial charge in [0.05, 0.1) is 32.5 Å². The van der Waals surface area contributed by atoms with Crippen molar-refractivity contribution in [3.63, 3.8) is 0 Å². The van der Waals surface area contributed by atoms with Crippen LogP contribution in [0.5, 0.6) is 34.5 Å². The summed E-state index contributed by atoms with van der Waals surface area (Å²) in [5.74, 6) is 0.0963. The number of ether oxygens (including phenoxy) is 6. The smallest absolute Gasteiger partial charge is 0.308 e. The van der Waals surface area contributed by atoms with Crippen LogP contribution in [0, 0.1) is 0 Å². The Hall–Kier alpha value is -5.78. The number of carbonyl (C=O) groups excluding carboxylic acids is 3. The molecule has 5 aromatic rings. The molecule has 0 unspecified atom stereocenters. The van der Waals surface area contributed by atoms with Gasteiger partial charge in [-0.3, -0.25) is 19.2 Å². The molecule has 2 aromatic heterocycles. The van der Waals surface area contributed by atoms with Gasteiger partial charge in [0.15, 0.2) is 34.5 Å². The van der Waals surface area contributed by atoms with E-state index in [1.165, 1.54) is 42.1 Å². The third-order valence-corrected chi connectivity index (χ3v) is 7.76. The van der Waals surface area contributed by atoms with Gasteiger partial charge in [-0.15, -0.1) is 0 Å². The molecule has 6 rings (SSSR count). The maximum atomic E-state index is 13.9. The van der Waals surface area contributed by atoms with Crippen molar-refractivity contribution in [2.75, 3.05) is 21.3 Å². The van der Waals surface area contributed by atoms with E-state index in [2.05, 4.69) is 4.98 Å². The van der Waals surface area contributed by atoms with E-state index in [0.717, 1.165) is 11.1 Å². The van der Waals surface area contributed by atoms with Crippen molar-refractivity contribution in [1.82, 2.24) is 9.55 Å². The van der Waals surface area contributed by atoms with E-state index >= 15 is 0 Å². The largest absolute Gasteiger partial charge is 0.493 e. The molecule has 236 valence electrons. The number of carbonyl (C=O) groups is 3. The molecule has 0 bridgehead atoms. The number of nitrogens with zero attached hydrogens (tertiary/aromatic N) is 1. The number of nitrogens with one attached hydrogen (secondary N) is 1. The summed E-state index contributed by atoms with van der Waals surface area (Å²) >= 11 is 0. The summed E-state index contributed by atoms with van der Waals surface area (Å²) in [5, 5.41) is 1.24. The van der Waals surface area contributed by atoms with Gasteiger partial charge in [0.1, 0.15) is 5.52 Å². The first-order valence-electron chi connectivity index (χ1n) is 14.3. The highest BCUT2D eigenvalue weighted by molar-refractivity contribution is 6.17. The topological polar surface area (TPSA) is 144 Å². The van der Waals surface area contributed by atoms with Gasteiger partial charge in [0.2, 0.25) is 0 Å². The number of H-pyrrole nitrogens is 1. The van der Waals surface area contributed by atoms with Crippen molar-refractivity contribution in [3.8, 4) is 56.9 Å². The van der Waals surface area contributed by atoms with Crippen LogP contribution in [0.1, 0.15) is 26.3 Å². The summed E-state index contributed by atoms with van der Waals surface area (Å²) in [7, 11) is 4.42. The maximum absolute atomic E-state index is 13.9. The Morgan fingerprint density at radius 1 is 0.717 bits per heavy atom. The highest BCUT2D eigenvalue weighted by Gasteiger charge is 2.31. The van der Waals surface area contributed by atoms with Crippen LogP contribution in [0.4, 0.5) is 0 Å². The predicted molar refractivity (Wildman–Crippen MR) is 168 cm³/mol. The van der Waals surface area contributed by atoms with E-state index in [1.807, 2.05) is 4.57 Å². The van der Waals surface area contributed by atoms with Gasteiger partial charge in [0.25, 0.3) is 5.56 Å². The maximum Gasteiger partial charge on any atom is 0.308 e. The van der Waals surface area contributed by atoms with Gasteiger partial charge in [-0.05, 0) is 47.9 Å². The number of fused-ring (bicyclic) bond motifs is 7. The summed E-state index contributed by atoms with van der Waals surface area (Å²) < 4.78 is 35.0. The zero-order valence-electron chi connectivity index (χ0n) is 26.0. The molecule has 0 amide bonds. The predicted octanol–water partition coefficient (Wildman–Crippen LogP) is 5.17. The molecule has 0 saturated heterocycles. The third kappa shape index (κ3) is 5.07. The number of hydrogen-bond acceptors (Lipinski definition) is 10. The summed E-state index contributed by atoms with van der Waals surface area (Å²) in [6.07, 6.45) is 0.532. The fourth-order valence-corrected chi connectivity index (χ4v) is 6.07. The van der Waals surface area contributed by atoms with Crippen molar-refractivity contribution >= 4 is 39.7 Å². The minimum Gasteiger partial charge on any atom is -0.493 e. The van der Waals surface area contributed by atoms with Gasteiger partial charge >= 0.3 is 17.9 Å². The summed E-state index contributed by atoms with van der Waals surface area (Å²) in [4.78, 5) is 52.4. The number of methoxy groups -OCH3 is 3. The lowest BCUT2D eigenvalue weighted by Crippen LogP contribution is -2.17. The second-order valence-electron chi connectivity index (χ2n) is 10.7. The molecule has 1 aliphatic rings. The molecule has 1 N–H and O–H groups in total. The minimum atomic E-state index is -0.542. The first-order valence-corrected chi connectivity index (χ1v) is 14.3. The standard InChI is InChI=1S/C34H30N2O10/c1-16(37)44-24-8-7-20(12-25(24)41-4)30-31-22-14-27(43-6)29(46-18(3)39)15-23(22)35-34(40)33(31)36-10-9-19-11-28(45-17(2)38)26(42-5)13-21(19)32(30)36/h7-8,11-15H,9-10H2,1-6H3,(H,35,40). The van der Waals surface area contributed by atoms with Crippen LogP contribution in [0.2, 0.25) is 0 Å². The lowest BCUT2D eigenvalue weighted by molar-refractivity contribution is -0.132. The monoisotopic (exact) mass is 626 g/mol. The van der Waals surface area contributed by atoms with Crippen molar-refractivity contribution in [3.05, 3.63) is 58.4 Å². The molecule has 0 spiro atoms. The van der Waals surface area contributed by atoms with E-state index in [1.54, 1.807) is 42.5 Å². The Labute approximate surface area is 262 Å². The minimum absolute atomic E-state index is 0.156. The fourth-order valence-electron chi connectivity index (χ4n) is 6.07. The molecular formula is C34H30N2O10. The van der Waals surface area contributed by atoms with E-state index < -0.39 is 17.9 Å². The Bertz CT molecular complexity index is 2160. The zero-order chi connectivity index (χ0) is 32.9. The lowest BCUT2D eigenvalue weighted by Gasteiger charge is -2.23. The molecule has 1 aliphatic heterocycles. The average molecular weight is 627 g/mol. The number of benzene rings is 3. The third-order valence-electron chi connectivity index (χ3n) is 7.76. The van der Waals surface area contributed by atoms with E-state index in [9.17, 15) is 19.2 Å². The molecule has 0 saturated carbocycles. The molecule has 12 heteroatoms. The van der Waals surface area contributed by atoms with Crippen molar-refractivity contribution in [2.45, 2.75) is 33.7 Å². The molecule has 3 aromatic carbocycles. The fraction of sp³-hybridized carbons (Fsp3) is 0.235. The molecule has 0 radical (unpaired) electrons. The molecule has 0 aliphatic carbocycles. The van der Waals surface area contributed by atoms with Gasteiger partial charge < -0.3 is 38.0 Å². The van der Waals surface area contributed by atoms with Crippen LogP contribution in [0.25, 0.3) is 44.2 Å². The quantitative estimate of drug-likeness (QED) is 0.190. The lowest BCUT2D eigenvalue weighted by atomic mass is 9.91. The van der Waals surface area contributed by atoms with Crippen LogP contribution >= 0.6 is 0 Å². The van der Waals surface area contributed by atoms with Gasteiger partial charge in [-0.2, -0.15) is 0 Å². The molecule has 3 heterocycles. The van der Waals surface area contributed by atoms with Crippen LogP contribution in [-0.2, 0) is 27.3 Å². The Balaban J connectivity index is 1.76. The first-order chi connectivity index (χ1) is 22.0. The second-order valence-corrected chi connectivity index (χ2v) is 10.7. The molecule has 12 nitrogen and oxygen atoms in total. The average Bonchev–Trinajstić information content (AvgIpc) is 3.36. The SMILES string of the molecule is COc1cc(-c2c3n(c4c(=O)[nH]c5cc(OC(C)=O)c(OC)cc5c24)CCc2cc(OC(C)=O)c(OC)cc2-3)ccc1OC(C)=O. The van der Waals surface area contributed by atoms with Crippen LogP contribution in [-0.4, -0.2) is 48.8 Å². The van der Waals surface area contributed by atoms with Crippen LogP contribution in [0.3, 0.4) is 0 Å². The number of aromatic nitrogens is 2. The van der Waals surface area contributed by atoms with E-state index in [0.29, 0.717) is 74.6 Å². The number of hydrogen-bond donors (Lipinski definition) is 1. The number of esters is 3. The van der Waals surface area contributed by atoms with Crippen LogP contribution < -0.4 is 34.0 Å². The van der Waals surface area contributed by atoms with Crippen molar-refractivity contribution in [1.29, 1.82) is 0 Å². The second kappa shape index (κ2) is 11.6. The Kier molecular flexibility index (Phi) is 7.64. The number of aromatic amines is 1. The van der Waals surface area contributed by atoms with Gasteiger partial charge in [-0.25, -0.2) is 0 Å². The van der Waals surface area contributed by atoms with E-state index in [4.69, 9.17) is 28.4 Å². The summed E-state index contributed by atoms with van der Waals surface area (Å²) in [6, 6.07) is 12.0. The normalized spacial score (nSPS) is 11.9. The highest BCUT2D eigenvalue weighted by atomic mass is 16.6. The van der Waals surface area contributed by atoms with E-state index in [-0.39, 0.29) is 17.1 Å². The number of aryl methyl sites for hydroxylation is 2. The Morgan fingerprint density at radius 3 is 1.93 bits per heavy atom. The Morgan fingerprint density at radius 2 is 1.30 bits per heavy atom.